The van der Waals surface area contributed by atoms with Crippen molar-refractivity contribution in [3.63, 3.8) is 0 Å². The third kappa shape index (κ3) is 7.54. The smallest absolute Gasteiger partial charge is 0.317 e. The van der Waals surface area contributed by atoms with E-state index in [2.05, 4.69) is 25.5 Å². The topological polar surface area (TPSA) is 109 Å². The van der Waals surface area contributed by atoms with Crippen molar-refractivity contribution < 1.29 is 19.1 Å². The van der Waals surface area contributed by atoms with Crippen LogP contribution in [0.5, 0.6) is 11.5 Å². The molecule has 1 aromatic heterocycles. The lowest BCUT2D eigenvalue weighted by Crippen LogP contribution is -2.56. The van der Waals surface area contributed by atoms with E-state index in [1.807, 2.05) is 36.9 Å². The predicted octanol–water partition coefficient (Wildman–Crippen LogP) is 2.84. The lowest BCUT2D eigenvalue weighted by atomic mass is 10.1. The third-order valence-electron chi connectivity index (χ3n) is 5.72. The first-order valence-corrected chi connectivity index (χ1v) is 13.1. The molecule has 36 heavy (non-hydrogen) atoms. The molecule has 3 rings (SSSR count). The summed E-state index contributed by atoms with van der Waals surface area (Å²) in [5.74, 6) is 2.07. The molecule has 10 nitrogen and oxygen atoms in total. The number of urea groups is 1. The van der Waals surface area contributed by atoms with Gasteiger partial charge in [0.1, 0.15) is 11.0 Å². The van der Waals surface area contributed by atoms with Gasteiger partial charge in [0.05, 0.1) is 20.0 Å². The highest BCUT2D eigenvalue weighted by Gasteiger charge is 2.28. The van der Waals surface area contributed by atoms with Crippen LogP contribution in [0.2, 0.25) is 5.15 Å². The Morgan fingerprint density at radius 1 is 1.14 bits per heavy atom. The fraction of sp³-hybridized carbons (Fsp3) is 0.500. The van der Waals surface area contributed by atoms with Crippen molar-refractivity contribution in [2.75, 3.05) is 57.6 Å². The second-order valence-corrected chi connectivity index (χ2v) is 9.56. The van der Waals surface area contributed by atoms with Crippen LogP contribution in [0.4, 0.5) is 10.6 Å². The second-order valence-electron chi connectivity index (χ2n) is 8.23. The number of rotatable bonds is 10. The van der Waals surface area contributed by atoms with E-state index in [1.54, 1.807) is 20.3 Å². The number of amides is 3. The van der Waals surface area contributed by atoms with Gasteiger partial charge >= 0.3 is 6.03 Å². The van der Waals surface area contributed by atoms with Gasteiger partial charge in [-0.05, 0) is 38.0 Å². The molecule has 12 heteroatoms. The van der Waals surface area contributed by atoms with Crippen LogP contribution in [-0.4, -0.2) is 85.5 Å². The molecule has 1 aliphatic heterocycles. The second kappa shape index (κ2) is 13.4. The molecule has 0 bridgehead atoms. The number of hydrogen-bond acceptors (Lipinski definition) is 8. The van der Waals surface area contributed by atoms with Gasteiger partial charge in [0.15, 0.2) is 16.7 Å². The maximum atomic E-state index is 12.4. The van der Waals surface area contributed by atoms with Gasteiger partial charge in [-0.25, -0.2) is 14.8 Å². The quantitative estimate of drug-likeness (QED) is 0.271. The summed E-state index contributed by atoms with van der Waals surface area (Å²) in [6, 6.07) is 7.37. The summed E-state index contributed by atoms with van der Waals surface area (Å²) in [5.41, 5.74) is 1.03. The highest BCUT2D eigenvalue weighted by atomic mass is 35.5. The number of thioether (sulfide) groups is 1. The number of halogens is 1. The number of benzene rings is 1. The summed E-state index contributed by atoms with van der Waals surface area (Å²) < 4.78 is 10.6. The lowest BCUT2D eigenvalue weighted by Gasteiger charge is -2.40. The SMILES string of the molecule is CCNC(=O)N1CCN(c2cc(Cl)nc(SCC(=O)NCCc3ccc(OC)c(OC)c3)n2)CC1C. The molecule has 196 valence electrons. The van der Waals surface area contributed by atoms with Crippen molar-refractivity contribution in [2.24, 2.45) is 0 Å². The van der Waals surface area contributed by atoms with Gasteiger partial charge in [-0.1, -0.05) is 29.4 Å². The fourth-order valence-electron chi connectivity index (χ4n) is 3.90. The normalized spacial score (nSPS) is 15.4. The van der Waals surface area contributed by atoms with Crippen LogP contribution in [0.15, 0.2) is 29.4 Å². The first-order chi connectivity index (χ1) is 17.3. The highest BCUT2D eigenvalue weighted by Crippen LogP contribution is 2.28. The van der Waals surface area contributed by atoms with Crippen molar-refractivity contribution in [1.29, 1.82) is 0 Å². The minimum atomic E-state index is -0.116. The first-order valence-electron chi connectivity index (χ1n) is 11.8. The number of anilines is 1. The van der Waals surface area contributed by atoms with Gasteiger partial charge < -0.3 is 29.9 Å². The summed E-state index contributed by atoms with van der Waals surface area (Å²) in [7, 11) is 3.19. The summed E-state index contributed by atoms with van der Waals surface area (Å²) in [6.45, 7) is 6.84. The van der Waals surface area contributed by atoms with Crippen LogP contribution >= 0.6 is 23.4 Å². The number of carbonyl (C=O) groups is 2. The number of nitrogens with one attached hydrogen (secondary N) is 2. The zero-order valence-electron chi connectivity index (χ0n) is 21.0. The summed E-state index contributed by atoms with van der Waals surface area (Å²) >= 11 is 7.49. The van der Waals surface area contributed by atoms with Crippen LogP contribution in [-0.2, 0) is 11.2 Å². The minimum Gasteiger partial charge on any atom is -0.493 e. The molecule has 0 saturated carbocycles. The zero-order chi connectivity index (χ0) is 26.1. The molecule has 1 saturated heterocycles. The third-order valence-corrected chi connectivity index (χ3v) is 6.76. The van der Waals surface area contributed by atoms with E-state index >= 15 is 0 Å². The molecule has 1 aliphatic rings. The summed E-state index contributed by atoms with van der Waals surface area (Å²) in [6.07, 6.45) is 0.662. The van der Waals surface area contributed by atoms with E-state index in [9.17, 15) is 9.59 Å². The monoisotopic (exact) mass is 536 g/mol. The average molecular weight is 537 g/mol. The molecule has 2 heterocycles. The Balaban J connectivity index is 1.50. The van der Waals surface area contributed by atoms with E-state index in [0.29, 0.717) is 66.8 Å². The number of aromatic nitrogens is 2. The maximum absolute atomic E-state index is 12.4. The number of piperazine rings is 1. The van der Waals surface area contributed by atoms with Crippen LogP contribution in [0, 0.1) is 0 Å². The van der Waals surface area contributed by atoms with Crippen LogP contribution in [0.1, 0.15) is 19.4 Å². The Labute approximate surface area is 221 Å². The first kappa shape index (κ1) is 27.7. The number of nitrogens with zero attached hydrogens (tertiary/aromatic N) is 4. The fourth-order valence-corrected chi connectivity index (χ4v) is 4.81. The molecule has 1 atom stereocenters. The number of methoxy groups -OCH3 is 2. The number of ether oxygens (including phenoxy) is 2. The van der Waals surface area contributed by atoms with Gasteiger partial charge in [0, 0.05) is 44.8 Å². The van der Waals surface area contributed by atoms with Crippen molar-refractivity contribution in [1.82, 2.24) is 25.5 Å². The Bertz CT molecular complexity index is 1060. The number of carbonyl (C=O) groups excluding carboxylic acids is 2. The molecule has 3 amide bonds. The standard InChI is InChI=1S/C24H33ClN6O4S/c1-5-26-24(33)31-11-10-30(14-16(31)2)21-13-20(25)28-23(29-21)36-15-22(32)27-9-8-17-6-7-18(34-3)19(12-17)35-4/h6-7,12-13,16H,5,8-11,14-15H2,1-4H3,(H,26,33)(H,27,32). The summed E-state index contributed by atoms with van der Waals surface area (Å²) in [5, 5.41) is 6.52. The van der Waals surface area contributed by atoms with Crippen LogP contribution in [0.3, 0.4) is 0 Å². The highest BCUT2D eigenvalue weighted by molar-refractivity contribution is 7.99. The summed E-state index contributed by atoms with van der Waals surface area (Å²) in [4.78, 5) is 37.4. The van der Waals surface area contributed by atoms with Crippen molar-refractivity contribution in [3.8, 4) is 11.5 Å². The maximum Gasteiger partial charge on any atom is 0.317 e. The molecule has 1 fully saturated rings. The van der Waals surface area contributed by atoms with Crippen LogP contribution in [0.25, 0.3) is 0 Å². The van der Waals surface area contributed by atoms with E-state index in [1.165, 1.54) is 11.8 Å². The Kier molecular flexibility index (Phi) is 10.3. The van der Waals surface area contributed by atoms with Crippen LogP contribution < -0.4 is 25.0 Å². The van der Waals surface area contributed by atoms with Crippen molar-refractivity contribution in [3.05, 3.63) is 35.0 Å². The van der Waals surface area contributed by atoms with Gasteiger partial charge in [-0.2, -0.15) is 0 Å². The minimum absolute atomic E-state index is 0.0200. The lowest BCUT2D eigenvalue weighted by molar-refractivity contribution is -0.118. The molecule has 2 N–H and O–H groups in total. The largest absolute Gasteiger partial charge is 0.493 e. The van der Waals surface area contributed by atoms with E-state index in [0.717, 1.165) is 5.56 Å². The Morgan fingerprint density at radius 2 is 1.92 bits per heavy atom. The molecule has 0 radical (unpaired) electrons. The molecule has 1 aromatic carbocycles. The van der Waals surface area contributed by atoms with Gasteiger partial charge in [-0.3, -0.25) is 4.79 Å². The Hall–Kier alpha value is -2.92. The predicted molar refractivity (Wildman–Crippen MR) is 141 cm³/mol. The van der Waals surface area contributed by atoms with Gasteiger partial charge in [0.2, 0.25) is 5.91 Å². The number of hydrogen-bond donors (Lipinski definition) is 2. The molecule has 2 aromatic rings. The molecular weight excluding hydrogens is 504 g/mol. The van der Waals surface area contributed by atoms with Crippen molar-refractivity contribution in [2.45, 2.75) is 31.5 Å². The molecular formula is C24H33ClN6O4S. The van der Waals surface area contributed by atoms with E-state index in [-0.39, 0.29) is 23.7 Å². The molecule has 1 unspecified atom stereocenters. The van der Waals surface area contributed by atoms with E-state index in [4.69, 9.17) is 21.1 Å². The van der Waals surface area contributed by atoms with Gasteiger partial charge in [0.25, 0.3) is 0 Å². The zero-order valence-corrected chi connectivity index (χ0v) is 22.6. The van der Waals surface area contributed by atoms with Gasteiger partial charge in [-0.15, -0.1) is 0 Å². The average Bonchev–Trinajstić information content (AvgIpc) is 2.87. The van der Waals surface area contributed by atoms with E-state index < -0.39 is 0 Å². The molecule has 0 aliphatic carbocycles. The van der Waals surface area contributed by atoms with Crippen molar-refractivity contribution >= 4 is 41.1 Å². The molecule has 0 spiro atoms. The Morgan fingerprint density at radius 3 is 2.61 bits per heavy atom.